The fourth-order valence-electron chi connectivity index (χ4n) is 1.96. The van der Waals surface area contributed by atoms with Crippen LogP contribution in [0.1, 0.15) is 18.4 Å². The largest absolute Gasteiger partial charge is 0.550 e. The summed E-state index contributed by atoms with van der Waals surface area (Å²) in [5, 5.41) is 17.8. The predicted molar refractivity (Wildman–Crippen MR) is 90.8 cm³/mol. The van der Waals surface area contributed by atoms with Crippen molar-refractivity contribution in [3.8, 4) is 0 Å². The summed E-state index contributed by atoms with van der Waals surface area (Å²) >= 11 is 5.85. The number of halogens is 1. The Morgan fingerprint density at radius 2 is 1.79 bits per heavy atom. The van der Waals surface area contributed by atoms with E-state index in [0.717, 1.165) is 5.56 Å². The molecule has 0 aliphatic heterocycles. The second kappa shape index (κ2) is 8.69. The first-order chi connectivity index (χ1) is 11.5. The molecule has 6 nitrogen and oxygen atoms in total. The molecule has 0 spiro atoms. The molecule has 0 aliphatic carbocycles. The van der Waals surface area contributed by atoms with Crippen LogP contribution in [0.15, 0.2) is 59.7 Å². The van der Waals surface area contributed by atoms with E-state index in [0.29, 0.717) is 16.4 Å². The number of hydrazone groups is 1. The third-order valence-corrected chi connectivity index (χ3v) is 3.28. The normalized spacial score (nSPS) is 11.0. The zero-order chi connectivity index (χ0) is 17.4. The van der Waals surface area contributed by atoms with Crippen LogP contribution in [0.2, 0.25) is 5.02 Å². The first-order valence-corrected chi connectivity index (χ1v) is 7.57. The highest BCUT2D eigenvalue weighted by molar-refractivity contribution is 6.30. The quantitative estimate of drug-likeness (QED) is 0.622. The highest BCUT2D eigenvalue weighted by Gasteiger charge is 2.06. The van der Waals surface area contributed by atoms with Crippen LogP contribution in [0.3, 0.4) is 0 Å². The van der Waals surface area contributed by atoms with Crippen molar-refractivity contribution in [2.24, 2.45) is 5.10 Å². The zero-order valence-electron chi connectivity index (χ0n) is 12.7. The van der Waals surface area contributed by atoms with Crippen molar-refractivity contribution in [1.82, 2.24) is 5.43 Å². The number of carbonyl (C=O) groups is 2. The topological polar surface area (TPSA) is 93.6 Å². The van der Waals surface area contributed by atoms with Crippen molar-refractivity contribution in [3.05, 3.63) is 65.2 Å². The molecule has 2 aromatic carbocycles. The number of nitrogens with one attached hydrogen (secondary N) is 2. The van der Waals surface area contributed by atoms with E-state index in [4.69, 9.17) is 11.6 Å². The van der Waals surface area contributed by atoms with Gasteiger partial charge in [0, 0.05) is 16.7 Å². The zero-order valence-corrected chi connectivity index (χ0v) is 13.4. The molecule has 0 aromatic heterocycles. The number of benzene rings is 2. The van der Waals surface area contributed by atoms with Crippen molar-refractivity contribution in [2.75, 3.05) is 5.32 Å². The molecule has 0 saturated heterocycles. The van der Waals surface area contributed by atoms with Gasteiger partial charge in [-0.25, -0.2) is 10.2 Å². The van der Waals surface area contributed by atoms with Gasteiger partial charge in [-0.05, 0) is 36.6 Å². The van der Waals surface area contributed by atoms with E-state index in [-0.39, 0.29) is 12.8 Å². The van der Waals surface area contributed by atoms with Gasteiger partial charge in [0.25, 0.3) is 0 Å². The molecule has 0 fully saturated rings. The average Bonchev–Trinajstić information content (AvgIpc) is 2.55. The van der Waals surface area contributed by atoms with Gasteiger partial charge in [-0.1, -0.05) is 48.0 Å². The fraction of sp³-hybridized carbons (Fsp3) is 0.118. The lowest BCUT2D eigenvalue weighted by atomic mass is 10.1. The van der Waals surface area contributed by atoms with Gasteiger partial charge in [-0.15, -0.1) is 0 Å². The molecule has 7 heteroatoms. The minimum Gasteiger partial charge on any atom is -0.550 e. The summed E-state index contributed by atoms with van der Waals surface area (Å²) in [6, 6.07) is 15.1. The number of urea groups is 1. The molecule has 2 aromatic rings. The van der Waals surface area contributed by atoms with Crippen LogP contribution in [0.25, 0.3) is 0 Å². The van der Waals surface area contributed by atoms with Crippen LogP contribution in [0.5, 0.6) is 0 Å². The van der Waals surface area contributed by atoms with Gasteiger partial charge in [0.2, 0.25) is 0 Å². The first-order valence-electron chi connectivity index (χ1n) is 7.19. The Morgan fingerprint density at radius 1 is 1.04 bits per heavy atom. The van der Waals surface area contributed by atoms with Crippen molar-refractivity contribution < 1.29 is 14.7 Å². The van der Waals surface area contributed by atoms with Crippen LogP contribution < -0.4 is 15.8 Å². The molecular formula is C17H15ClN3O3-. The van der Waals surface area contributed by atoms with E-state index < -0.39 is 12.0 Å². The van der Waals surface area contributed by atoms with Crippen molar-refractivity contribution in [1.29, 1.82) is 0 Å². The Kier molecular flexibility index (Phi) is 6.33. The number of rotatable bonds is 6. The summed E-state index contributed by atoms with van der Waals surface area (Å²) < 4.78 is 0. The number of hydrogen-bond donors (Lipinski definition) is 2. The minimum atomic E-state index is -1.18. The van der Waals surface area contributed by atoms with Gasteiger partial charge in [0.05, 0.1) is 5.71 Å². The van der Waals surface area contributed by atoms with E-state index in [2.05, 4.69) is 15.8 Å². The number of carbonyl (C=O) groups excluding carboxylic acids is 2. The fourth-order valence-corrected chi connectivity index (χ4v) is 2.15. The molecule has 0 unspecified atom stereocenters. The maximum Gasteiger partial charge on any atom is 0.339 e. The second-order valence-corrected chi connectivity index (χ2v) is 5.31. The molecule has 0 aliphatic rings. The molecular weight excluding hydrogens is 330 g/mol. The number of amides is 2. The Hall–Kier alpha value is -2.86. The Labute approximate surface area is 144 Å². The van der Waals surface area contributed by atoms with E-state index in [9.17, 15) is 14.7 Å². The van der Waals surface area contributed by atoms with E-state index in [1.165, 1.54) is 0 Å². The SMILES string of the molecule is O=C([O-])CC/C(=N\NC(=O)Nc1cccc(Cl)c1)c1ccccc1. The Bertz CT molecular complexity index is 748. The third kappa shape index (κ3) is 5.73. The molecule has 0 atom stereocenters. The number of hydrogen-bond acceptors (Lipinski definition) is 4. The Morgan fingerprint density at radius 3 is 2.46 bits per heavy atom. The lowest BCUT2D eigenvalue weighted by Crippen LogP contribution is -2.27. The lowest BCUT2D eigenvalue weighted by Gasteiger charge is -2.09. The third-order valence-electron chi connectivity index (χ3n) is 3.05. The van der Waals surface area contributed by atoms with Crippen LogP contribution in [-0.4, -0.2) is 17.7 Å². The predicted octanol–water partition coefficient (Wildman–Crippen LogP) is 2.40. The summed E-state index contributed by atoms with van der Waals surface area (Å²) in [6.07, 6.45) is -0.0465. The van der Waals surface area contributed by atoms with Crippen LogP contribution in [0, 0.1) is 0 Å². The van der Waals surface area contributed by atoms with Crippen LogP contribution in [-0.2, 0) is 4.79 Å². The van der Waals surface area contributed by atoms with Gasteiger partial charge in [0.1, 0.15) is 0 Å². The van der Waals surface area contributed by atoms with Gasteiger partial charge >= 0.3 is 6.03 Å². The van der Waals surface area contributed by atoms with Crippen molar-refractivity contribution in [2.45, 2.75) is 12.8 Å². The molecule has 2 amide bonds. The second-order valence-electron chi connectivity index (χ2n) is 4.87. The summed E-state index contributed by atoms with van der Waals surface area (Å²) in [5.41, 5.74) is 4.04. The molecule has 0 bridgehead atoms. The molecule has 0 saturated carbocycles. The summed E-state index contributed by atoms with van der Waals surface area (Å²) in [4.78, 5) is 22.6. The van der Waals surface area contributed by atoms with Crippen LogP contribution in [0.4, 0.5) is 10.5 Å². The monoisotopic (exact) mass is 344 g/mol. The molecule has 2 N–H and O–H groups in total. The molecule has 24 heavy (non-hydrogen) atoms. The van der Waals surface area contributed by atoms with E-state index in [1.54, 1.807) is 48.5 Å². The highest BCUT2D eigenvalue weighted by atomic mass is 35.5. The number of aliphatic carboxylic acids is 1. The summed E-state index contributed by atoms with van der Waals surface area (Å²) in [5.74, 6) is -1.18. The van der Waals surface area contributed by atoms with Crippen molar-refractivity contribution >= 4 is 35.0 Å². The maximum atomic E-state index is 11.9. The molecule has 2 rings (SSSR count). The van der Waals surface area contributed by atoms with Gasteiger partial charge in [0.15, 0.2) is 0 Å². The van der Waals surface area contributed by atoms with Crippen molar-refractivity contribution in [3.63, 3.8) is 0 Å². The van der Waals surface area contributed by atoms with Gasteiger partial charge in [-0.3, -0.25) is 0 Å². The van der Waals surface area contributed by atoms with Gasteiger partial charge in [-0.2, -0.15) is 5.10 Å². The summed E-state index contributed by atoms with van der Waals surface area (Å²) in [7, 11) is 0. The minimum absolute atomic E-state index is 0.143. The highest BCUT2D eigenvalue weighted by Crippen LogP contribution is 2.14. The molecule has 0 heterocycles. The number of carboxylic acids is 1. The maximum absolute atomic E-state index is 11.9. The van der Waals surface area contributed by atoms with Crippen LogP contribution >= 0.6 is 11.6 Å². The average molecular weight is 345 g/mol. The smallest absolute Gasteiger partial charge is 0.339 e. The molecule has 124 valence electrons. The standard InChI is InChI=1S/C17H16ClN3O3/c18-13-7-4-8-14(11-13)19-17(24)21-20-15(9-10-16(22)23)12-5-2-1-3-6-12/h1-8,11H,9-10H2,(H,22,23)(H2,19,21,24)/p-1/b20-15+. The number of carboxylic acid groups (broad SMARTS) is 1. The molecule has 0 radical (unpaired) electrons. The summed E-state index contributed by atoms with van der Waals surface area (Å²) in [6.45, 7) is 0. The lowest BCUT2D eigenvalue weighted by molar-refractivity contribution is -0.305. The number of anilines is 1. The van der Waals surface area contributed by atoms with E-state index in [1.807, 2.05) is 6.07 Å². The van der Waals surface area contributed by atoms with E-state index >= 15 is 0 Å². The number of nitrogens with zero attached hydrogens (tertiary/aromatic N) is 1. The first kappa shape index (κ1) is 17.5. The van der Waals surface area contributed by atoms with Gasteiger partial charge < -0.3 is 15.2 Å². The Balaban J connectivity index is 2.05.